The topological polar surface area (TPSA) is 30.5 Å². The number of nitrogens with one attached hydrogen (secondary N) is 1. The van der Waals surface area contributed by atoms with Crippen molar-refractivity contribution < 1.29 is 9.47 Å². The Balaban J connectivity index is 1.95. The van der Waals surface area contributed by atoms with E-state index in [0.717, 1.165) is 55.7 Å². The third kappa shape index (κ3) is 1.41. The molecule has 3 aliphatic heterocycles. The van der Waals surface area contributed by atoms with Gasteiger partial charge < -0.3 is 14.8 Å². The molecule has 4 rings (SSSR count). The summed E-state index contributed by atoms with van der Waals surface area (Å²) in [5, 5.41) is 4.23. The zero-order valence-electron chi connectivity index (χ0n) is 10.2. The summed E-state index contributed by atoms with van der Waals surface area (Å²) in [6.45, 7) is 3.65. The smallest absolute Gasteiger partial charge is 0.142 e. The molecule has 0 radical (unpaired) electrons. The first kappa shape index (κ1) is 10.9. The van der Waals surface area contributed by atoms with Crippen molar-refractivity contribution in [3.8, 4) is 11.5 Å². The van der Waals surface area contributed by atoms with E-state index in [9.17, 15) is 0 Å². The molecule has 0 saturated carbocycles. The van der Waals surface area contributed by atoms with E-state index in [1.807, 2.05) is 0 Å². The highest BCUT2D eigenvalue weighted by Crippen LogP contribution is 2.50. The summed E-state index contributed by atoms with van der Waals surface area (Å²) in [5.74, 6) is 2.56. The average Bonchev–Trinajstić information content (AvgIpc) is 3.11. The van der Waals surface area contributed by atoms with Gasteiger partial charge in [0.2, 0.25) is 0 Å². The average molecular weight is 266 g/mol. The molecular formula is C14H16ClNO2. The normalized spacial score (nSPS) is 24.6. The molecule has 96 valence electrons. The van der Waals surface area contributed by atoms with Crippen LogP contribution >= 0.6 is 11.6 Å². The first-order chi connectivity index (χ1) is 8.86. The van der Waals surface area contributed by atoms with Gasteiger partial charge in [0.15, 0.2) is 0 Å². The maximum absolute atomic E-state index is 6.46. The quantitative estimate of drug-likeness (QED) is 0.845. The molecule has 3 nitrogen and oxygen atoms in total. The minimum absolute atomic E-state index is 0.560. The molecule has 1 unspecified atom stereocenters. The monoisotopic (exact) mass is 265 g/mol. The molecule has 3 aliphatic rings. The number of fused-ring (bicyclic) bond motifs is 2. The second kappa shape index (κ2) is 4.04. The first-order valence-electron chi connectivity index (χ1n) is 6.69. The number of benzene rings is 1. The fraction of sp³-hybridized carbons (Fsp3) is 0.571. The van der Waals surface area contributed by atoms with Crippen LogP contribution in [0.1, 0.15) is 29.0 Å². The lowest BCUT2D eigenvalue weighted by Gasteiger charge is -2.18. The van der Waals surface area contributed by atoms with Crippen molar-refractivity contribution in [3.63, 3.8) is 0 Å². The zero-order chi connectivity index (χ0) is 12.1. The summed E-state index contributed by atoms with van der Waals surface area (Å²) in [4.78, 5) is 0. The van der Waals surface area contributed by atoms with Crippen LogP contribution in [0.5, 0.6) is 11.5 Å². The number of ether oxygens (including phenoxy) is 2. The maximum atomic E-state index is 6.46. The maximum Gasteiger partial charge on any atom is 0.142 e. The van der Waals surface area contributed by atoms with Crippen LogP contribution in [-0.4, -0.2) is 26.3 Å². The van der Waals surface area contributed by atoms with E-state index in [-0.39, 0.29) is 0 Å². The number of halogens is 1. The fourth-order valence-corrected chi connectivity index (χ4v) is 3.77. The standard InChI is InChI=1S/C14H16ClNO2/c15-12-10-3-6-17-13(10)11(8-1-4-16-7-8)9-2-5-18-14(9)12/h8,16H,1-7H2. The Labute approximate surface area is 111 Å². The number of rotatable bonds is 1. The molecule has 0 bridgehead atoms. The molecule has 18 heavy (non-hydrogen) atoms. The summed E-state index contributed by atoms with van der Waals surface area (Å²) < 4.78 is 11.6. The van der Waals surface area contributed by atoms with Crippen LogP contribution in [-0.2, 0) is 12.8 Å². The molecule has 0 aromatic heterocycles. The Morgan fingerprint density at radius 1 is 1.06 bits per heavy atom. The summed E-state index contributed by atoms with van der Waals surface area (Å²) in [6.07, 6.45) is 3.07. The van der Waals surface area contributed by atoms with Gasteiger partial charge >= 0.3 is 0 Å². The van der Waals surface area contributed by atoms with Crippen molar-refractivity contribution in [2.24, 2.45) is 0 Å². The Hall–Kier alpha value is -0.930. The predicted octanol–water partition coefficient (Wildman–Crippen LogP) is 2.29. The summed E-state index contributed by atoms with van der Waals surface area (Å²) in [5.41, 5.74) is 3.85. The van der Waals surface area contributed by atoms with Crippen LogP contribution in [0.15, 0.2) is 0 Å². The Morgan fingerprint density at radius 2 is 1.83 bits per heavy atom. The third-order valence-electron chi connectivity index (χ3n) is 4.25. The molecule has 1 aromatic carbocycles. The van der Waals surface area contributed by atoms with Crippen LogP contribution in [0, 0.1) is 0 Å². The Kier molecular flexibility index (Phi) is 2.45. The van der Waals surface area contributed by atoms with E-state index < -0.39 is 0 Å². The van der Waals surface area contributed by atoms with Gasteiger partial charge in [0.25, 0.3) is 0 Å². The lowest BCUT2D eigenvalue weighted by molar-refractivity contribution is 0.351. The highest BCUT2D eigenvalue weighted by atomic mass is 35.5. The van der Waals surface area contributed by atoms with Gasteiger partial charge in [-0.05, 0) is 13.0 Å². The molecule has 1 atom stereocenters. The molecule has 1 fully saturated rings. The SMILES string of the molecule is Clc1c2c(c(C3CCNC3)c3c1OCC3)OCC2. The molecule has 1 aromatic rings. The Bertz CT molecular complexity index is 474. The second-order valence-electron chi connectivity index (χ2n) is 5.23. The van der Waals surface area contributed by atoms with E-state index in [4.69, 9.17) is 21.1 Å². The van der Waals surface area contributed by atoms with Crippen molar-refractivity contribution in [2.75, 3.05) is 26.3 Å². The van der Waals surface area contributed by atoms with Gasteiger partial charge in [-0.15, -0.1) is 0 Å². The van der Waals surface area contributed by atoms with Crippen molar-refractivity contribution in [1.29, 1.82) is 0 Å². The van der Waals surface area contributed by atoms with E-state index in [0.29, 0.717) is 5.92 Å². The molecule has 0 aliphatic carbocycles. The van der Waals surface area contributed by atoms with Gasteiger partial charge in [-0.2, -0.15) is 0 Å². The van der Waals surface area contributed by atoms with E-state index in [1.54, 1.807) is 0 Å². The Morgan fingerprint density at radius 3 is 2.61 bits per heavy atom. The van der Waals surface area contributed by atoms with Crippen molar-refractivity contribution in [1.82, 2.24) is 5.32 Å². The summed E-state index contributed by atoms with van der Waals surface area (Å²) in [6, 6.07) is 0. The molecule has 4 heteroatoms. The van der Waals surface area contributed by atoms with E-state index in [1.165, 1.54) is 23.1 Å². The molecule has 0 amide bonds. The lowest BCUT2D eigenvalue weighted by Crippen LogP contribution is -2.10. The summed E-state index contributed by atoms with van der Waals surface area (Å²) in [7, 11) is 0. The van der Waals surface area contributed by atoms with E-state index in [2.05, 4.69) is 5.32 Å². The zero-order valence-corrected chi connectivity index (χ0v) is 11.0. The predicted molar refractivity (Wildman–Crippen MR) is 70.1 cm³/mol. The molecule has 1 saturated heterocycles. The van der Waals surface area contributed by atoms with Gasteiger partial charge in [0.1, 0.15) is 11.5 Å². The number of hydrogen-bond donors (Lipinski definition) is 1. The number of hydrogen-bond acceptors (Lipinski definition) is 3. The molecule has 0 spiro atoms. The summed E-state index contributed by atoms with van der Waals surface area (Å²) >= 11 is 6.46. The van der Waals surface area contributed by atoms with Crippen molar-refractivity contribution in [2.45, 2.75) is 25.2 Å². The van der Waals surface area contributed by atoms with Crippen LogP contribution in [0.25, 0.3) is 0 Å². The van der Waals surface area contributed by atoms with Crippen molar-refractivity contribution in [3.05, 3.63) is 21.7 Å². The lowest BCUT2D eigenvalue weighted by atomic mass is 9.89. The van der Waals surface area contributed by atoms with Gasteiger partial charge in [-0.25, -0.2) is 0 Å². The van der Waals surface area contributed by atoms with Crippen LogP contribution in [0.3, 0.4) is 0 Å². The van der Waals surface area contributed by atoms with Crippen LogP contribution in [0.2, 0.25) is 5.02 Å². The fourth-order valence-electron chi connectivity index (χ4n) is 3.42. The highest BCUT2D eigenvalue weighted by Gasteiger charge is 2.34. The minimum Gasteiger partial charge on any atom is -0.493 e. The molecule has 1 N–H and O–H groups in total. The van der Waals surface area contributed by atoms with E-state index >= 15 is 0 Å². The van der Waals surface area contributed by atoms with Gasteiger partial charge in [0.05, 0.1) is 18.2 Å². The van der Waals surface area contributed by atoms with Gasteiger partial charge in [-0.3, -0.25) is 0 Å². The van der Waals surface area contributed by atoms with Gasteiger partial charge in [-0.1, -0.05) is 11.6 Å². The van der Waals surface area contributed by atoms with Gasteiger partial charge in [0, 0.05) is 42.0 Å². The second-order valence-corrected chi connectivity index (χ2v) is 5.61. The molecular weight excluding hydrogens is 250 g/mol. The minimum atomic E-state index is 0.560. The third-order valence-corrected chi connectivity index (χ3v) is 4.65. The van der Waals surface area contributed by atoms with Crippen LogP contribution in [0.4, 0.5) is 0 Å². The largest absolute Gasteiger partial charge is 0.493 e. The molecule has 3 heterocycles. The van der Waals surface area contributed by atoms with Crippen molar-refractivity contribution >= 4 is 11.6 Å². The first-order valence-corrected chi connectivity index (χ1v) is 7.07. The highest BCUT2D eigenvalue weighted by molar-refractivity contribution is 6.33. The van der Waals surface area contributed by atoms with Crippen LogP contribution < -0.4 is 14.8 Å².